The number of nitrogens with one attached hydrogen (secondary N) is 3. The molecule has 4 amide bonds. The van der Waals surface area contributed by atoms with E-state index >= 15 is 0 Å². The van der Waals surface area contributed by atoms with Gasteiger partial charge in [0.25, 0.3) is 11.8 Å². The minimum atomic E-state index is -3.91. The minimum Gasteiger partial charge on any atom is -0.497 e. The van der Waals surface area contributed by atoms with Gasteiger partial charge in [0.2, 0.25) is 21.8 Å². The number of carbonyl (C=O) groups excluding carboxylic acids is 4. The van der Waals surface area contributed by atoms with Crippen molar-refractivity contribution in [1.82, 2.24) is 25.2 Å². The smallest absolute Gasteiger partial charge is 0.259 e. The molecule has 3 aliphatic rings. The van der Waals surface area contributed by atoms with Gasteiger partial charge in [0.15, 0.2) is 0 Å². The van der Waals surface area contributed by atoms with Crippen molar-refractivity contribution >= 4 is 44.6 Å². The van der Waals surface area contributed by atoms with Gasteiger partial charge < -0.3 is 25.0 Å². The Balaban J connectivity index is 1.23. The lowest BCUT2D eigenvalue weighted by Gasteiger charge is -2.29. The standard InChI is InChI=1S/C40H41N5O8S/c1-4-27-22-40(27,39(49)44-54(50,51)30-16-17-30)43-37(47)34-20-29(23-45(34)38(48)36(41-24(2)46)26-13-9-6-10-14-26)53-35-21-32(25-11-7-5-8-12-25)42-33-19-28(52-3)15-18-31(33)35/h4-15,18-19,21,27,29-30,34,36H,1,16-17,20,22-23H2,2-3H3,(H,41,46)(H,43,47)(H,44,49)/t27-,29-,34+,36-,40-/m1/s1. The number of aromatic nitrogens is 1. The van der Waals surface area contributed by atoms with Gasteiger partial charge in [-0.25, -0.2) is 13.4 Å². The summed E-state index contributed by atoms with van der Waals surface area (Å²) in [4.78, 5) is 61.0. The highest BCUT2D eigenvalue weighted by Gasteiger charge is 2.62. The summed E-state index contributed by atoms with van der Waals surface area (Å²) < 4.78 is 39.8. The van der Waals surface area contributed by atoms with Gasteiger partial charge in [0, 0.05) is 42.3 Å². The van der Waals surface area contributed by atoms with Crippen LogP contribution in [0.2, 0.25) is 0 Å². The zero-order chi connectivity index (χ0) is 38.2. The van der Waals surface area contributed by atoms with E-state index < -0.39 is 68.5 Å². The van der Waals surface area contributed by atoms with Crippen molar-refractivity contribution in [2.45, 2.75) is 61.6 Å². The monoisotopic (exact) mass is 751 g/mol. The Morgan fingerprint density at radius 3 is 2.33 bits per heavy atom. The summed E-state index contributed by atoms with van der Waals surface area (Å²) in [5, 5.41) is 5.57. The molecule has 0 bridgehead atoms. The van der Waals surface area contributed by atoms with E-state index in [-0.39, 0.29) is 19.4 Å². The Morgan fingerprint density at radius 2 is 1.70 bits per heavy atom. The van der Waals surface area contributed by atoms with Crippen molar-refractivity contribution in [3.63, 3.8) is 0 Å². The fourth-order valence-corrected chi connectivity index (χ4v) is 8.40. The lowest BCUT2D eigenvalue weighted by molar-refractivity contribution is -0.142. The van der Waals surface area contributed by atoms with E-state index in [9.17, 15) is 27.6 Å². The average molecular weight is 752 g/mol. The quantitative estimate of drug-likeness (QED) is 0.172. The molecule has 280 valence electrons. The van der Waals surface area contributed by atoms with Crippen LogP contribution in [-0.2, 0) is 29.2 Å². The van der Waals surface area contributed by atoms with Crippen molar-refractivity contribution in [2.75, 3.05) is 13.7 Å². The second-order valence-electron chi connectivity index (χ2n) is 14.0. The molecule has 0 radical (unpaired) electrons. The van der Waals surface area contributed by atoms with Crippen LogP contribution in [0.15, 0.2) is 97.6 Å². The first-order chi connectivity index (χ1) is 25.9. The van der Waals surface area contributed by atoms with Crippen LogP contribution in [0.3, 0.4) is 0 Å². The van der Waals surface area contributed by atoms with Crippen LogP contribution in [0.5, 0.6) is 11.5 Å². The van der Waals surface area contributed by atoms with Crippen LogP contribution in [-0.4, -0.2) is 78.5 Å². The number of pyridine rings is 1. The molecule has 2 aliphatic carbocycles. The predicted octanol–water partition coefficient (Wildman–Crippen LogP) is 3.81. The van der Waals surface area contributed by atoms with E-state index in [4.69, 9.17) is 14.5 Å². The number of carbonyl (C=O) groups is 4. The van der Waals surface area contributed by atoms with E-state index in [0.29, 0.717) is 46.5 Å². The Morgan fingerprint density at radius 1 is 1.00 bits per heavy atom. The minimum absolute atomic E-state index is 0.0244. The second kappa shape index (κ2) is 14.6. The third-order valence-corrected chi connectivity index (χ3v) is 12.0. The Kier molecular flexibility index (Phi) is 9.88. The van der Waals surface area contributed by atoms with E-state index in [2.05, 4.69) is 21.9 Å². The summed E-state index contributed by atoms with van der Waals surface area (Å²) in [5.74, 6) is -1.96. The third-order valence-electron chi connectivity index (χ3n) is 10.2. The molecule has 5 atom stereocenters. The van der Waals surface area contributed by atoms with Crippen LogP contribution >= 0.6 is 0 Å². The zero-order valence-electron chi connectivity index (χ0n) is 29.9. The van der Waals surface area contributed by atoms with Gasteiger partial charge in [0.1, 0.15) is 35.2 Å². The summed E-state index contributed by atoms with van der Waals surface area (Å²) in [7, 11) is -2.34. The van der Waals surface area contributed by atoms with Crippen molar-refractivity contribution in [3.8, 4) is 22.8 Å². The maximum Gasteiger partial charge on any atom is 0.259 e. The number of likely N-dealkylation sites (tertiary alicyclic amines) is 1. The first-order valence-electron chi connectivity index (χ1n) is 17.8. The predicted molar refractivity (Wildman–Crippen MR) is 201 cm³/mol. The van der Waals surface area contributed by atoms with Crippen molar-refractivity contribution in [2.24, 2.45) is 5.92 Å². The fourth-order valence-electron chi connectivity index (χ4n) is 7.03. The summed E-state index contributed by atoms with van der Waals surface area (Å²) >= 11 is 0. The number of sulfonamides is 1. The maximum atomic E-state index is 14.5. The number of hydrogen-bond acceptors (Lipinski definition) is 9. The van der Waals surface area contributed by atoms with E-state index in [1.54, 1.807) is 49.6 Å². The number of fused-ring (bicyclic) bond motifs is 1. The lowest BCUT2D eigenvalue weighted by atomic mass is 10.0. The van der Waals surface area contributed by atoms with E-state index in [0.717, 1.165) is 5.56 Å². The highest BCUT2D eigenvalue weighted by molar-refractivity contribution is 7.91. The van der Waals surface area contributed by atoms with Crippen molar-refractivity contribution < 1.29 is 37.1 Å². The molecule has 54 heavy (non-hydrogen) atoms. The summed E-state index contributed by atoms with van der Waals surface area (Å²) in [6.07, 6.45) is 1.86. The zero-order valence-corrected chi connectivity index (χ0v) is 30.7. The van der Waals surface area contributed by atoms with Gasteiger partial charge in [0.05, 0.1) is 30.1 Å². The van der Waals surface area contributed by atoms with Crippen LogP contribution in [0, 0.1) is 5.92 Å². The largest absolute Gasteiger partial charge is 0.497 e. The van der Waals surface area contributed by atoms with Crippen LogP contribution in [0.4, 0.5) is 0 Å². The first kappa shape index (κ1) is 36.6. The maximum absolute atomic E-state index is 14.5. The number of hydrogen-bond donors (Lipinski definition) is 3. The molecule has 0 unspecified atom stereocenters. The molecule has 3 fully saturated rings. The molecule has 3 N–H and O–H groups in total. The Labute approximate surface area is 313 Å². The van der Waals surface area contributed by atoms with Gasteiger partial charge in [-0.1, -0.05) is 66.7 Å². The molecule has 7 rings (SSSR count). The van der Waals surface area contributed by atoms with Crippen molar-refractivity contribution in [3.05, 3.63) is 103 Å². The van der Waals surface area contributed by atoms with Crippen LogP contribution in [0.1, 0.15) is 44.2 Å². The number of rotatable bonds is 13. The summed E-state index contributed by atoms with van der Waals surface area (Å²) in [6.45, 7) is 5.04. The number of amides is 4. The second-order valence-corrected chi connectivity index (χ2v) is 15.9. The average Bonchev–Trinajstić information content (AvgIpc) is 4.10. The van der Waals surface area contributed by atoms with E-state index in [1.807, 2.05) is 42.5 Å². The SMILES string of the molecule is C=C[C@@H]1C[C@]1(NC(=O)[C@@H]1C[C@@H](Oc2cc(-c3ccccc3)nc3cc(OC)ccc23)CN1C(=O)[C@H](NC(C)=O)c1ccccc1)C(=O)NS(=O)(=O)C1CC1. The van der Waals surface area contributed by atoms with Gasteiger partial charge in [-0.2, -0.15) is 0 Å². The van der Waals surface area contributed by atoms with Crippen LogP contribution in [0.25, 0.3) is 22.2 Å². The molecule has 2 heterocycles. The van der Waals surface area contributed by atoms with Gasteiger partial charge in [-0.3, -0.25) is 23.9 Å². The topological polar surface area (TPSA) is 173 Å². The fraction of sp³-hybridized carbons (Fsp3) is 0.325. The molecule has 13 nitrogen and oxygen atoms in total. The van der Waals surface area contributed by atoms with Gasteiger partial charge in [-0.15, -0.1) is 6.58 Å². The highest BCUT2D eigenvalue weighted by Crippen LogP contribution is 2.46. The third kappa shape index (κ3) is 7.38. The molecule has 1 saturated heterocycles. The molecule has 1 aromatic heterocycles. The molecule has 0 spiro atoms. The molecule has 4 aromatic rings. The molecular weight excluding hydrogens is 711 g/mol. The number of benzene rings is 3. The molecule has 14 heteroatoms. The molecule has 2 saturated carbocycles. The van der Waals surface area contributed by atoms with Gasteiger partial charge >= 0.3 is 0 Å². The Bertz CT molecular complexity index is 2230. The van der Waals surface area contributed by atoms with Crippen LogP contribution < -0.4 is 24.8 Å². The summed E-state index contributed by atoms with van der Waals surface area (Å²) in [5.41, 5.74) is 1.05. The first-order valence-corrected chi connectivity index (χ1v) is 19.3. The molecule has 3 aromatic carbocycles. The number of methoxy groups -OCH3 is 1. The van der Waals surface area contributed by atoms with E-state index in [1.165, 1.54) is 17.9 Å². The highest BCUT2D eigenvalue weighted by atomic mass is 32.2. The summed E-state index contributed by atoms with van der Waals surface area (Å²) in [6, 6.07) is 23.2. The lowest BCUT2D eigenvalue weighted by Crippen LogP contribution is -2.57. The van der Waals surface area contributed by atoms with Crippen molar-refractivity contribution in [1.29, 1.82) is 0 Å². The number of ether oxygens (including phenoxy) is 2. The Hall–Kier alpha value is -5.76. The number of nitrogens with zero attached hydrogens (tertiary/aromatic N) is 2. The molecular formula is C40H41N5O8S. The normalized spacial score (nSPS) is 22.5. The van der Waals surface area contributed by atoms with Gasteiger partial charge in [-0.05, 0) is 37.0 Å². The molecule has 1 aliphatic heterocycles.